The Morgan fingerprint density at radius 3 is 1.86 bits per heavy atom. The van der Waals surface area contributed by atoms with Crippen molar-refractivity contribution in [3.05, 3.63) is 75.9 Å². The second-order valence-corrected chi connectivity index (χ2v) is 12.5. The van der Waals surface area contributed by atoms with Crippen molar-refractivity contribution in [2.24, 2.45) is 0 Å². The van der Waals surface area contributed by atoms with Crippen LogP contribution in [0.4, 0.5) is 0 Å². The maximum absolute atomic E-state index is 13.3. The lowest BCUT2D eigenvalue weighted by Gasteiger charge is -2.18. The quantitative estimate of drug-likeness (QED) is 0.488. The van der Waals surface area contributed by atoms with Gasteiger partial charge in [-0.1, -0.05) is 35.4 Å². The second-order valence-electron chi connectivity index (χ2n) is 9.04. The fraction of sp³-hybridized carbons (Fsp3) is 0.360. The fourth-order valence-electron chi connectivity index (χ4n) is 4.65. The molecular weight excluding hydrogens is 484 g/mol. The monoisotopic (exact) mass is 514 g/mol. The lowest BCUT2D eigenvalue weighted by Crippen LogP contribution is -2.37. The summed E-state index contributed by atoms with van der Waals surface area (Å²) in [6.45, 7) is 10.8. The van der Waals surface area contributed by atoms with Crippen molar-refractivity contribution in [2.75, 3.05) is 0 Å². The molecule has 1 N–H and O–H groups in total. The molecule has 0 saturated heterocycles. The number of nitrogens with zero attached hydrogens (tertiary/aromatic N) is 3. The Balaban J connectivity index is 1.90. The van der Waals surface area contributed by atoms with Crippen molar-refractivity contribution in [3.63, 3.8) is 0 Å². The Morgan fingerprint density at radius 2 is 1.37 bits per heavy atom. The highest BCUT2D eigenvalue weighted by Crippen LogP contribution is 2.25. The van der Waals surface area contributed by atoms with Crippen LogP contribution >= 0.6 is 0 Å². The van der Waals surface area contributed by atoms with Gasteiger partial charge in [-0.2, -0.15) is 5.26 Å². The van der Waals surface area contributed by atoms with E-state index in [9.17, 15) is 22.1 Å². The molecule has 1 aromatic heterocycles. The van der Waals surface area contributed by atoms with Gasteiger partial charge in [0.2, 0.25) is 10.0 Å². The third-order valence-electron chi connectivity index (χ3n) is 5.74. The van der Waals surface area contributed by atoms with Crippen molar-refractivity contribution in [2.45, 2.75) is 70.2 Å². The normalized spacial score (nSPS) is 12.9. The van der Waals surface area contributed by atoms with Gasteiger partial charge in [0.25, 0.3) is 10.0 Å². The summed E-state index contributed by atoms with van der Waals surface area (Å²) < 4.78 is 56.6. The van der Waals surface area contributed by atoms with Crippen LogP contribution in [0.1, 0.15) is 45.5 Å². The van der Waals surface area contributed by atoms with Gasteiger partial charge in [-0.05, 0) is 63.8 Å². The predicted molar refractivity (Wildman–Crippen MR) is 134 cm³/mol. The molecule has 35 heavy (non-hydrogen) atoms. The molecule has 8 nitrogen and oxygen atoms in total. The van der Waals surface area contributed by atoms with Crippen LogP contribution in [0, 0.1) is 52.9 Å². The van der Waals surface area contributed by atoms with Gasteiger partial charge in [0, 0.05) is 18.7 Å². The van der Waals surface area contributed by atoms with E-state index in [-0.39, 0.29) is 22.6 Å². The molecule has 0 aliphatic carbocycles. The standard InChI is InChI=1S/C25H30N4O4S2/c1-16-9-18(3)24(19(4)10-16)34(30,31)28-22(7-8-26)13-23-14-29(15-27-23)35(32,33)25-20(5)11-17(2)12-21(25)6/h9-12,14-15,22,28H,7,13H2,1-6H3/t22-/m1/s1. The summed E-state index contributed by atoms with van der Waals surface area (Å²) in [6, 6.07) is 8.43. The van der Waals surface area contributed by atoms with Crippen LogP contribution in [0.2, 0.25) is 0 Å². The fourth-order valence-corrected chi connectivity index (χ4v) is 7.91. The minimum Gasteiger partial charge on any atom is -0.241 e. The van der Waals surface area contributed by atoms with Crippen molar-refractivity contribution in [1.82, 2.24) is 13.7 Å². The molecule has 0 radical (unpaired) electrons. The number of aromatic nitrogens is 2. The lowest BCUT2D eigenvalue weighted by molar-refractivity contribution is 0.545. The molecule has 1 atom stereocenters. The Hall–Kier alpha value is -3.00. The van der Waals surface area contributed by atoms with Crippen LogP contribution in [0.25, 0.3) is 0 Å². The third-order valence-corrected chi connectivity index (χ3v) is 9.48. The molecule has 0 amide bonds. The highest BCUT2D eigenvalue weighted by atomic mass is 32.2. The highest BCUT2D eigenvalue weighted by Gasteiger charge is 2.26. The predicted octanol–water partition coefficient (Wildman–Crippen LogP) is 3.77. The maximum atomic E-state index is 13.3. The van der Waals surface area contributed by atoms with Gasteiger partial charge >= 0.3 is 0 Å². The molecule has 0 aliphatic rings. The minimum atomic E-state index is -3.91. The number of benzene rings is 2. The first-order chi connectivity index (χ1) is 16.3. The molecule has 186 valence electrons. The third kappa shape index (κ3) is 5.64. The summed E-state index contributed by atoms with van der Waals surface area (Å²) >= 11 is 0. The number of imidazole rings is 1. The van der Waals surface area contributed by atoms with Gasteiger partial charge in [-0.25, -0.2) is 30.5 Å². The number of hydrogen-bond donors (Lipinski definition) is 1. The van der Waals surface area contributed by atoms with E-state index < -0.39 is 26.1 Å². The Labute approximate surface area is 207 Å². The number of rotatable bonds is 8. The zero-order chi connectivity index (χ0) is 26.1. The van der Waals surface area contributed by atoms with Crippen LogP contribution in [-0.2, 0) is 26.5 Å². The first-order valence-electron chi connectivity index (χ1n) is 11.1. The largest absolute Gasteiger partial charge is 0.269 e. The molecule has 0 aliphatic heterocycles. The van der Waals surface area contributed by atoms with Gasteiger partial charge < -0.3 is 0 Å². The van der Waals surface area contributed by atoms with Gasteiger partial charge in [0.05, 0.1) is 28.0 Å². The molecule has 2 aromatic carbocycles. The van der Waals surface area contributed by atoms with E-state index in [1.54, 1.807) is 39.8 Å². The molecule has 0 fully saturated rings. The second kappa shape index (κ2) is 9.93. The van der Waals surface area contributed by atoms with E-state index in [4.69, 9.17) is 0 Å². The van der Waals surface area contributed by atoms with Crippen molar-refractivity contribution >= 4 is 20.0 Å². The molecule has 3 rings (SSSR count). The van der Waals surface area contributed by atoms with Crippen LogP contribution < -0.4 is 4.72 Å². The summed E-state index contributed by atoms with van der Waals surface area (Å²) in [5.41, 5.74) is 4.79. The number of nitriles is 1. The molecule has 0 unspecified atom stereocenters. The summed E-state index contributed by atoms with van der Waals surface area (Å²) in [4.78, 5) is 4.60. The first kappa shape index (κ1) is 26.6. The van der Waals surface area contributed by atoms with Crippen LogP contribution in [-0.4, -0.2) is 31.8 Å². The van der Waals surface area contributed by atoms with Crippen LogP contribution in [0.15, 0.2) is 46.6 Å². The Bertz CT molecular complexity index is 1490. The SMILES string of the molecule is Cc1cc(C)c(S(=O)(=O)N[C@H](CC#N)Cc2cn(S(=O)(=O)c3c(C)cc(C)cc3C)cn2)c(C)c1. The summed E-state index contributed by atoms with van der Waals surface area (Å²) in [5, 5.41) is 9.29. The average molecular weight is 515 g/mol. The smallest absolute Gasteiger partial charge is 0.241 e. The van der Waals surface area contributed by atoms with Crippen LogP contribution in [0.5, 0.6) is 0 Å². The van der Waals surface area contributed by atoms with Crippen molar-refractivity contribution in [1.29, 1.82) is 5.26 Å². The zero-order valence-corrected chi connectivity index (χ0v) is 22.4. The molecular formula is C25H30N4O4S2. The number of aryl methyl sites for hydroxylation is 6. The molecule has 0 spiro atoms. The Kier molecular flexibility index (Phi) is 7.55. The molecule has 1 heterocycles. The van der Waals surface area contributed by atoms with E-state index in [1.165, 1.54) is 12.5 Å². The Morgan fingerprint density at radius 1 is 0.886 bits per heavy atom. The molecule has 3 aromatic rings. The number of hydrogen-bond acceptors (Lipinski definition) is 6. The number of sulfonamides is 1. The summed E-state index contributed by atoms with van der Waals surface area (Å²) in [5.74, 6) is 0. The first-order valence-corrected chi connectivity index (χ1v) is 14.0. The van der Waals surface area contributed by atoms with Gasteiger partial charge in [-0.15, -0.1) is 0 Å². The van der Waals surface area contributed by atoms with Gasteiger partial charge in [0.1, 0.15) is 6.33 Å². The average Bonchev–Trinajstić information content (AvgIpc) is 3.15. The summed E-state index contributed by atoms with van der Waals surface area (Å²) in [6.07, 6.45) is 2.54. The molecule has 0 saturated carbocycles. The van der Waals surface area contributed by atoms with Crippen LogP contribution in [0.3, 0.4) is 0 Å². The maximum Gasteiger partial charge on any atom is 0.269 e. The van der Waals surface area contributed by atoms with E-state index in [0.29, 0.717) is 27.9 Å². The van der Waals surface area contributed by atoms with E-state index in [1.807, 2.05) is 32.0 Å². The lowest BCUT2D eigenvalue weighted by atomic mass is 10.1. The van der Waals surface area contributed by atoms with Crippen molar-refractivity contribution in [3.8, 4) is 6.07 Å². The zero-order valence-electron chi connectivity index (χ0n) is 20.7. The van der Waals surface area contributed by atoms with Gasteiger partial charge in [0.15, 0.2) is 0 Å². The highest BCUT2D eigenvalue weighted by molar-refractivity contribution is 7.90. The van der Waals surface area contributed by atoms with Crippen molar-refractivity contribution < 1.29 is 16.8 Å². The van der Waals surface area contributed by atoms with Gasteiger partial charge in [-0.3, -0.25) is 0 Å². The van der Waals surface area contributed by atoms with E-state index in [0.717, 1.165) is 15.1 Å². The van der Waals surface area contributed by atoms with E-state index >= 15 is 0 Å². The van der Waals surface area contributed by atoms with E-state index in [2.05, 4.69) is 9.71 Å². The number of nitrogens with one attached hydrogen (secondary N) is 1. The topological polar surface area (TPSA) is 122 Å². The molecule has 0 bridgehead atoms. The molecule has 10 heteroatoms. The minimum absolute atomic E-state index is 0.0606. The summed E-state index contributed by atoms with van der Waals surface area (Å²) in [7, 11) is -7.80.